The lowest BCUT2D eigenvalue weighted by molar-refractivity contribution is -0.121. The highest BCUT2D eigenvalue weighted by molar-refractivity contribution is 6.19. The lowest BCUT2D eigenvalue weighted by Crippen LogP contribution is -2.36. The van der Waals surface area contributed by atoms with Crippen molar-refractivity contribution in [2.24, 2.45) is 14.1 Å². The molecular formula is C54H59Cl2N9O11. The van der Waals surface area contributed by atoms with E-state index in [1.165, 1.54) is 55.6 Å². The Hall–Kier alpha value is -7.97. The maximum atomic E-state index is 13.4. The van der Waals surface area contributed by atoms with Gasteiger partial charge in [-0.15, -0.1) is 23.2 Å². The van der Waals surface area contributed by atoms with Gasteiger partial charge in [0, 0.05) is 110 Å². The molecule has 2 aromatic heterocycles. The van der Waals surface area contributed by atoms with Crippen LogP contribution < -0.4 is 36.4 Å². The van der Waals surface area contributed by atoms with Crippen LogP contribution in [0.2, 0.25) is 0 Å². The molecule has 0 saturated carbocycles. The van der Waals surface area contributed by atoms with E-state index in [9.17, 15) is 43.8 Å². The Labute approximate surface area is 447 Å². The van der Waals surface area contributed by atoms with E-state index >= 15 is 0 Å². The van der Waals surface area contributed by atoms with Gasteiger partial charge < -0.3 is 55.4 Å². The number of nitrogens with one attached hydrogen (secondary N) is 5. The molecule has 76 heavy (non-hydrogen) atoms. The molecule has 20 nitrogen and oxygen atoms in total. The summed E-state index contributed by atoms with van der Waals surface area (Å²) in [6.07, 6.45) is 1.58. The molecule has 8 rings (SSSR count). The number of phenols is 2. The third-order valence-corrected chi connectivity index (χ3v) is 13.4. The van der Waals surface area contributed by atoms with Gasteiger partial charge in [0.25, 0.3) is 11.8 Å². The zero-order valence-electron chi connectivity index (χ0n) is 43.1. The van der Waals surface area contributed by atoms with Crippen LogP contribution in [0.1, 0.15) is 98.3 Å². The quantitative estimate of drug-likeness (QED) is 0.0537. The van der Waals surface area contributed by atoms with Crippen molar-refractivity contribution in [3.05, 3.63) is 95.6 Å². The Morgan fingerprint density at radius 1 is 0.553 bits per heavy atom. The first-order chi connectivity index (χ1) is 35.8. The lowest BCUT2D eigenvalue weighted by atomic mass is 9.95. The van der Waals surface area contributed by atoms with Crippen LogP contribution in [-0.4, -0.2) is 104 Å². The lowest BCUT2D eigenvalue weighted by Gasteiger charge is -2.25. The highest BCUT2D eigenvalue weighted by atomic mass is 35.5. The SMILES string of the molecule is Cn1cc(NC(=O)c2cc(NC(=O)CCC(=O)Nc3ccc4c5c(cc(O)c4c3)N(C(=O)OC(C)(C)C)CC5CCl)cn2C)cc1C(=O)NCC(=O)Nc1ccc2c3c(cc(O)c2c1)N(C(=O)OC(C)(C)C)CC3CCl. The standard InChI is InChI=1S/C54H59Cl2N9O11/c1-53(2,3)75-51(73)64-24-28(21-55)47-34-11-9-30(15-36(34)42(66)19-38(47)64)58-44(68)13-14-45(69)60-32-17-41(63(8)26-32)50(72)61-33-18-40(62(7)27-33)49(71)57-23-46(70)59-31-10-12-35-37(16-31)43(67)20-39-48(35)29(22-56)25-65(39)52(74)76-54(4,5)6/h9-12,15-20,26-29,66-67H,13-14,21-25H2,1-8H3,(H,57,71)(H,58,68)(H,59,70)(H,60,69)(H,61,72). The maximum Gasteiger partial charge on any atom is 0.414 e. The van der Waals surface area contributed by atoms with E-state index in [1.54, 1.807) is 92.0 Å². The van der Waals surface area contributed by atoms with Crippen LogP contribution in [0.3, 0.4) is 0 Å². The van der Waals surface area contributed by atoms with E-state index in [4.69, 9.17) is 32.7 Å². The minimum absolute atomic E-state index is 0.105. The van der Waals surface area contributed by atoms with Gasteiger partial charge >= 0.3 is 12.2 Å². The second-order valence-corrected chi connectivity index (χ2v) is 21.4. The van der Waals surface area contributed by atoms with Gasteiger partial charge in [0.2, 0.25) is 17.7 Å². The summed E-state index contributed by atoms with van der Waals surface area (Å²) in [6, 6.07) is 15.9. The van der Waals surface area contributed by atoms with Crippen LogP contribution in [-0.2, 0) is 38.0 Å². The number of aromatic nitrogens is 2. The third kappa shape index (κ3) is 11.8. The zero-order valence-corrected chi connectivity index (χ0v) is 44.7. The molecule has 2 unspecified atom stereocenters. The van der Waals surface area contributed by atoms with Gasteiger partial charge in [0.05, 0.1) is 29.3 Å². The van der Waals surface area contributed by atoms with Crippen molar-refractivity contribution in [3.63, 3.8) is 0 Å². The molecule has 0 spiro atoms. The van der Waals surface area contributed by atoms with Crippen molar-refractivity contribution in [2.45, 2.75) is 77.4 Å². The number of alkyl halides is 2. The molecule has 4 aromatic carbocycles. The number of aromatic hydroxyl groups is 2. The van der Waals surface area contributed by atoms with Crippen molar-refractivity contribution in [2.75, 3.05) is 62.5 Å². The fourth-order valence-corrected chi connectivity index (χ4v) is 9.89. The van der Waals surface area contributed by atoms with Gasteiger partial charge in [-0.05, 0) is 99.8 Å². The number of anilines is 6. The van der Waals surface area contributed by atoms with E-state index in [1.807, 2.05) is 0 Å². The average molecular weight is 1080 g/mol. The highest BCUT2D eigenvalue weighted by Crippen LogP contribution is 2.48. The number of carbonyl (C=O) groups is 7. The van der Waals surface area contributed by atoms with E-state index in [0.29, 0.717) is 50.0 Å². The first-order valence-corrected chi connectivity index (χ1v) is 25.4. The Bertz CT molecular complexity index is 3360. The average Bonchev–Trinajstić information content (AvgIpc) is 4.15. The molecule has 6 aromatic rings. The molecule has 0 fully saturated rings. The van der Waals surface area contributed by atoms with E-state index in [-0.39, 0.29) is 78.1 Å². The van der Waals surface area contributed by atoms with E-state index < -0.39 is 59.5 Å². The number of amides is 7. The fourth-order valence-electron chi connectivity index (χ4n) is 9.38. The number of halogens is 2. The minimum atomic E-state index is -0.729. The number of benzene rings is 4. The molecule has 7 amide bonds. The van der Waals surface area contributed by atoms with Gasteiger partial charge in [-0.1, -0.05) is 12.1 Å². The molecule has 2 aliphatic rings. The summed E-state index contributed by atoms with van der Waals surface area (Å²) in [5.74, 6) is -2.88. The third-order valence-electron chi connectivity index (χ3n) is 12.6. The van der Waals surface area contributed by atoms with Gasteiger partial charge in [0.15, 0.2) is 0 Å². The summed E-state index contributed by atoms with van der Waals surface area (Å²) >= 11 is 12.7. The maximum absolute atomic E-state index is 13.4. The second kappa shape index (κ2) is 21.3. The van der Waals surface area contributed by atoms with E-state index in [2.05, 4.69) is 26.6 Å². The van der Waals surface area contributed by atoms with Crippen LogP contribution in [0.15, 0.2) is 73.1 Å². The van der Waals surface area contributed by atoms with Crippen LogP contribution in [0.25, 0.3) is 21.5 Å². The van der Waals surface area contributed by atoms with Crippen LogP contribution in [0, 0.1) is 0 Å². The zero-order chi connectivity index (χ0) is 55.1. The highest BCUT2D eigenvalue weighted by Gasteiger charge is 2.38. The number of rotatable bonds is 13. The minimum Gasteiger partial charge on any atom is -0.507 e. The summed E-state index contributed by atoms with van der Waals surface area (Å²) in [6.45, 7) is 10.8. The number of fused-ring (bicyclic) bond motifs is 6. The van der Waals surface area contributed by atoms with E-state index in [0.717, 1.165) is 11.1 Å². The van der Waals surface area contributed by atoms with Crippen LogP contribution >= 0.6 is 23.2 Å². The van der Waals surface area contributed by atoms with Crippen molar-refractivity contribution >= 4 is 121 Å². The van der Waals surface area contributed by atoms with Gasteiger partial charge in [0.1, 0.15) is 34.1 Å². The summed E-state index contributed by atoms with van der Waals surface area (Å²) in [5, 5.41) is 37.9. The second-order valence-electron chi connectivity index (χ2n) is 20.8. The smallest absolute Gasteiger partial charge is 0.414 e. The van der Waals surface area contributed by atoms with Gasteiger partial charge in [-0.2, -0.15) is 0 Å². The number of hydrogen-bond donors (Lipinski definition) is 7. The molecule has 400 valence electrons. The van der Waals surface area contributed by atoms with Crippen molar-refractivity contribution in [1.82, 2.24) is 14.5 Å². The van der Waals surface area contributed by atoms with Crippen molar-refractivity contribution < 1.29 is 53.2 Å². The van der Waals surface area contributed by atoms with Crippen molar-refractivity contribution in [1.29, 1.82) is 0 Å². The summed E-state index contributed by atoms with van der Waals surface area (Å²) < 4.78 is 14.2. The van der Waals surface area contributed by atoms with Crippen molar-refractivity contribution in [3.8, 4) is 11.5 Å². The number of carbonyl (C=O) groups excluding carboxylic acids is 7. The molecule has 2 aliphatic heterocycles. The normalized spacial score (nSPS) is 15.0. The predicted molar refractivity (Wildman–Crippen MR) is 292 cm³/mol. The topological polar surface area (TPSA) is 255 Å². The Balaban J connectivity index is 0.819. The Morgan fingerprint density at radius 3 is 1.39 bits per heavy atom. The molecular weight excluding hydrogens is 1020 g/mol. The summed E-state index contributed by atoms with van der Waals surface area (Å²) in [5.41, 5.74) is 2.73. The monoisotopic (exact) mass is 1080 g/mol. The Morgan fingerprint density at radius 2 is 0.961 bits per heavy atom. The fraction of sp³-hybridized carbons (Fsp3) is 0.352. The first kappa shape index (κ1) is 54.3. The molecule has 7 N–H and O–H groups in total. The molecule has 0 bridgehead atoms. The number of ether oxygens (including phenoxy) is 2. The van der Waals surface area contributed by atoms with Crippen LogP contribution in [0.4, 0.5) is 43.7 Å². The van der Waals surface area contributed by atoms with Gasteiger partial charge in [-0.3, -0.25) is 33.8 Å². The largest absolute Gasteiger partial charge is 0.507 e. The molecule has 0 saturated heterocycles. The number of hydrogen-bond acceptors (Lipinski definition) is 11. The molecule has 0 aliphatic carbocycles. The first-order valence-electron chi connectivity index (χ1n) is 24.3. The summed E-state index contributed by atoms with van der Waals surface area (Å²) in [7, 11) is 3.21. The number of nitrogens with zero attached hydrogens (tertiary/aromatic N) is 4. The molecule has 0 radical (unpaired) electrons. The predicted octanol–water partition coefficient (Wildman–Crippen LogP) is 9.21. The molecule has 22 heteroatoms. The molecule has 2 atom stereocenters. The number of phenolic OH excluding ortho intramolecular Hbond substituents is 2. The van der Waals surface area contributed by atoms with Gasteiger partial charge in [-0.25, -0.2) is 9.59 Å². The number of aryl methyl sites for hydroxylation is 2. The molecule has 4 heterocycles. The summed E-state index contributed by atoms with van der Waals surface area (Å²) in [4.78, 5) is 94.7. The Kier molecular flexibility index (Phi) is 15.2. The van der Waals surface area contributed by atoms with Crippen LogP contribution in [0.5, 0.6) is 11.5 Å².